The van der Waals surface area contributed by atoms with Crippen LogP contribution in [0.1, 0.15) is 54.4 Å². The molecule has 0 unspecified atom stereocenters. The van der Waals surface area contributed by atoms with E-state index in [0.29, 0.717) is 0 Å². The first-order valence-electron chi connectivity index (χ1n) is 5.05. The van der Waals surface area contributed by atoms with Crippen molar-refractivity contribution in [3.63, 3.8) is 0 Å². The third-order valence-electron chi connectivity index (χ3n) is 1.54. The number of aliphatic imine (C=N–C) groups is 1. The Kier molecular flexibility index (Phi) is 10.5. The van der Waals surface area contributed by atoms with E-state index in [1.54, 1.807) is 0 Å². The number of nitrogens with zero attached hydrogens (tertiary/aromatic N) is 1. The molecular formula is C11H24N2. The maximum Gasteiger partial charge on any atom is 0.0992 e. The van der Waals surface area contributed by atoms with Crippen LogP contribution in [0, 0.1) is 0 Å². The van der Waals surface area contributed by atoms with E-state index in [4.69, 9.17) is 5.73 Å². The molecule has 0 atom stereocenters. The highest BCUT2D eigenvalue weighted by Crippen LogP contribution is 2.03. The standard InChI is InChI=1S/C9H18N2.C2H6/c1-5-6-9(10)11-8(4)7(2)3;1-2/h5-6H2,1-4H3,(H2,10,11);1-2H3. The molecule has 0 aromatic heterocycles. The maximum absolute atomic E-state index is 5.64. The van der Waals surface area contributed by atoms with Crippen molar-refractivity contribution in [2.45, 2.75) is 54.4 Å². The van der Waals surface area contributed by atoms with Crippen LogP contribution in [0.3, 0.4) is 0 Å². The van der Waals surface area contributed by atoms with Gasteiger partial charge in [0.1, 0.15) is 0 Å². The van der Waals surface area contributed by atoms with Crippen LogP contribution in [0.5, 0.6) is 0 Å². The molecule has 0 aliphatic heterocycles. The van der Waals surface area contributed by atoms with Crippen LogP contribution >= 0.6 is 0 Å². The lowest BCUT2D eigenvalue weighted by Gasteiger charge is -1.99. The Labute approximate surface area is 82.9 Å². The van der Waals surface area contributed by atoms with Crippen molar-refractivity contribution in [1.29, 1.82) is 0 Å². The minimum atomic E-state index is 0.742. The van der Waals surface area contributed by atoms with Gasteiger partial charge in [0.15, 0.2) is 0 Å². The fourth-order valence-corrected chi connectivity index (χ4v) is 0.639. The molecule has 2 heteroatoms. The summed E-state index contributed by atoms with van der Waals surface area (Å²) in [6.07, 6.45) is 1.95. The highest BCUT2D eigenvalue weighted by molar-refractivity contribution is 5.81. The Balaban J connectivity index is 0. The Bertz CT molecular complexity index is 175. The van der Waals surface area contributed by atoms with Gasteiger partial charge in [0.05, 0.1) is 5.84 Å². The summed E-state index contributed by atoms with van der Waals surface area (Å²) in [5.74, 6) is 0.742. The Morgan fingerprint density at radius 1 is 1.15 bits per heavy atom. The number of allylic oxidation sites excluding steroid dienone is 2. The van der Waals surface area contributed by atoms with E-state index in [1.807, 2.05) is 34.6 Å². The minimum Gasteiger partial charge on any atom is -0.387 e. The fraction of sp³-hybridized carbons (Fsp3) is 0.727. The van der Waals surface area contributed by atoms with E-state index in [0.717, 1.165) is 24.4 Å². The lowest BCUT2D eigenvalue weighted by atomic mass is 10.3. The van der Waals surface area contributed by atoms with Gasteiger partial charge in [-0.15, -0.1) is 0 Å². The van der Waals surface area contributed by atoms with Gasteiger partial charge in [-0.05, 0) is 27.2 Å². The lowest BCUT2D eigenvalue weighted by molar-refractivity contribution is 0.976. The molecule has 0 aliphatic rings. The number of hydrogen-bond donors (Lipinski definition) is 1. The Hall–Kier alpha value is -0.790. The van der Waals surface area contributed by atoms with Crippen LogP contribution in [0.2, 0.25) is 0 Å². The average Bonchev–Trinajstić information content (AvgIpc) is 2.08. The molecule has 78 valence electrons. The van der Waals surface area contributed by atoms with Gasteiger partial charge in [-0.25, -0.2) is 4.99 Å². The van der Waals surface area contributed by atoms with Gasteiger partial charge in [0.2, 0.25) is 0 Å². The highest BCUT2D eigenvalue weighted by atomic mass is 14.9. The highest BCUT2D eigenvalue weighted by Gasteiger charge is 1.91. The zero-order chi connectivity index (χ0) is 10.9. The molecule has 0 aromatic carbocycles. The van der Waals surface area contributed by atoms with E-state index in [-0.39, 0.29) is 0 Å². The molecule has 0 spiro atoms. The molecule has 0 aromatic rings. The minimum absolute atomic E-state index is 0.742. The molecule has 2 N–H and O–H groups in total. The normalized spacial score (nSPS) is 10.2. The fourth-order valence-electron chi connectivity index (χ4n) is 0.639. The van der Waals surface area contributed by atoms with Crippen LogP contribution < -0.4 is 5.73 Å². The topological polar surface area (TPSA) is 38.4 Å². The van der Waals surface area contributed by atoms with Gasteiger partial charge < -0.3 is 5.73 Å². The second-order valence-electron chi connectivity index (χ2n) is 2.94. The molecule has 2 nitrogen and oxygen atoms in total. The second kappa shape index (κ2) is 9.30. The predicted molar refractivity (Wildman–Crippen MR) is 61.9 cm³/mol. The average molecular weight is 184 g/mol. The molecule has 0 saturated carbocycles. The molecule has 0 amide bonds. The lowest BCUT2D eigenvalue weighted by Crippen LogP contribution is -2.10. The van der Waals surface area contributed by atoms with Crippen molar-refractivity contribution < 1.29 is 0 Å². The maximum atomic E-state index is 5.64. The monoisotopic (exact) mass is 184 g/mol. The van der Waals surface area contributed by atoms with Crippen molar-refractivity contribution in [3.05, 3.63) is 11.3 Å². The largest absolute Gasteiger partial charge is 0.387 e. The van der Waals surface area contributed by atoms with Crippen molar-refractivity contribution >= 4 is 5.84 Å². The quantitative estimate of drug-likeness (QED) is 0.529. The number of amidine groups is 1. The Morgan fingerprint density at radius 2 is 1.62 bits per heavy atom. The summed E-state index contributed by atoms with van der Waals surface area (Å²) in [5, 5.41) is 0. The van der Waals surface area contributed by atoms with Crippen LogP contribution in [-0.2, 0) is 0 Å². The first-order valence-corrected chi connectivity index (χ1v) is 5.05. The Morgan fingerprint density at radius 3 is 1.92 bits per heavy atom. The molecule has 0 heterocycles. The van der Waals surface area contributed by atoms with Gasteiger partial charge in [0, 0.05) is 12.1 Å². The van der Waals surface area contributed by atoms with Crippen molar-refractivity contribution in [3.8, 4) is 0 Å². The molecular weight excluding hydrogens is 160 g/mol. The third kappa shape index (κ3) is 9.12. The first kappa shape index (κ1) is 14.7. The summed E-state index contributed by atoms with van der Waals surface area (Å²) >= 11 is 0. The molecule has 0 bridgehead atoms. The van der Waals surface area contributed by atoms with Gasteiger partial charge in [-0.2, -0.15) is 0 Å². The summed E-state index contributed by atoms with van der Waals surface area (Å²) in [6.45, 7) is 12.2. The second-order valence-corrected chi connectivity index (χ2v) is 2.94. The first-order chi connectivity index (χ1) is 6.07. The van der Waals surface area contributed by atoms with Crippen molar-refractivity contribution in [2.75, 3.05) is 0 Å². The predicted octanol–water partition coefficient (Wildman–Crippen LogP) is 3.48. The molecule has 0 aliphatic carbocycles. The zero-order valence-electron chi connectivity index (χ0n) is 9.94. The molecule has 0 radical (unpaired) electrons. The van der Waals surface area contributed by atoms with Gasteiger partial charge in [-0.1, -0.05) is 26.3 Å². The van der Waals surface area contributed by atoms with Crippen molar-refractivity contribution in [1.82, 2.24) is 0 Å². The van der Waals surface area contributed by atoms with Crippen molar-refractivity contribution in [2.24, 2.45) is 10.7 Å². The molecule has 13 heavy (non-hydrogen) atoms. The van der Waals surface area contributed by atoms with E-state index in [1.165, 1.54) is 5.57 Å². The zero-order valence-corrected chi connectivity index (χ0v) is 9.94. The van der Waals surface area contributed by atoms with Crippen LogP contribution in [0.4, 0.5) is 0 Å². The number of nitrogens with two attached hydrogens (primary N) is 1. The van der Waals surface area contributed by atoms with Gasteiger partial charge >= 0.3 is 0 Å². The summed E-state index contributed by atoms with van der Waals surface area (Å²) in [7, 11) is 0. The van der Waals surface area contributed by atoms with Gasteiger partial charge in [-0.3, -0.25) is 0 Å². The molecule has 0 fully saturated rings. The summed E-state index contributed by atoms with van der Waals surface area (Å²) in [6, 6.07) is 0. The van der Waals surface area contributed by atoms with E-state index >= 15 is 0 Å². The van der Waals surface area contributed by atoms with Crippen LogP contribution in [0.15, 0.2) is 16.3 Å². The summed E-state index contributed by atoms with van der Waals surface area (Å²) in [5.41, 5.74) is 7.90. The smallest absolute Gasteiger partial charge is 0.0992 e. The third-order valence-corrected chi connectivity index (χ3v) is 1.54. The number of hydrogen-bond acceptors (Lipinski definition) is 1. The summed E-state index contributed by atoms with van der Waals surface area (Å²) < 4.78 is 0. The van der Waals surface area contributed by atoms with Crippen LogP contribution in [0.25, 0.3) is 0 Å². The van der Waals surface area contributed by atoms with Gasteiger partial charge in [0.25, 0.3) is 0 Å². The van der Waals surface area contributed by atoms with E-state index in [2.05, 4.69) is 11.9 Å². The molecule has 0 saturated heterocycles. The SMILES string of the molecule is CC.CCCC(N)=NC(C)=C(C)C. The summed E-state index contributed by atoms with van der Waals surface area (Å²) in [4.78, 5) is 4.24. The van der Waals surface area contributed by atoms with E-state index < -0.39 is 0 Å². The van der Waals surface area contributed by atoms with Crippen LogP contribution in [-0.4, -0.2) is 5.84 Å². The molecule has 0 rings (SSSR count). The number of rotatable bonds is 3. The van der Waals surface area contributed by atoms with E-state index in [9.17, 15) is 0 Å².